The largest absolute Gasteiger partial charge is 0.496 e. The Bertz CT molecular complexity index is 530. The van der Waals surface area contributed by atoms with E-state index in [4.69, 9.17) is 4.74 Å². The summed E-state index contributed by atoms with van der Waals surface area (Å²) >= 11 is 3.44. The molecule has 1 heterocycles. The minimum atomic E-state index is -0.214. The van der Waals surface area contributed by atoms with Crippen LogP contribution in [0.5, 0.6) is 5.75 Å². The third kappa shape index (κ3) is 3.03. The summed E-state index contributed by atoms with van der Waals surface area (Å²) in [5.74, 6) is 0.0378. The number of amides is 2. The standard InChI is InChI=1S/C15H18BrNO3/c1-3-4-10-11(8-14(18)17-15(10)19)12-7-9(16)5-6-13(12)20-2/h5-7,10-11H,3-4,8H2,1-2H3,(H,17,18,19). The lowest BCUT2D eigenvalue weighted by Crippen LogP contribution is -2.44. The van der Waals surface area contributed by atoms with Crippen LogP contribution in [0.1, 0.15) is 37.7 Å². The number of imide groups is 1. The van der Waals surface area contributed by atoms with Crippen LogP contribution in [0.25, 0.3) is 0 Å². The van der Waals surface area contributed by atoms with Crippen LogP contribution in [0.15, 0.2) is 22.7 Å². The number of carbonyl (C=O) groups excluding carboxylic acids is 2. The average Bonchev–Trinajstić information content (AvgIpc) is 2.41. The summed E-state index contributed by atoms with van der Waals surface area (Å²) < 4.78 is 6.31. The molecule has 1 aromatic rings. The van der Waals surface area contributed by atoms with Crippen LogP contribution in [-0.2, 0) is 9.59 Å². The van der Waals surface area contributed by atoms with Gasteiger partial charge < -0.3 is 4.74 Å². The molecule has 2 atom stereocenters. The minimum absolute atomic E-state index is 0.122. The van der Waals surface area contributed by atoms with Crippen molar-refractivity contribution >= 4 is 27.7 Å². The van der Waals surface area contributed by atoms with Crippen molar-refractivity contribution < 1.29 is 14.3 Å². The van der Waals surface area contributed by atoms with Gasteiger partial charge in [-0.2, -0.15) is 0 Å². The quantitative estimate of drug-likeness (QED) is 0.858. The molecule has 5 heteroatoms. The van der Waals surface area contributed by atoms with Gasteiger partial charge in [0.2, 0.25) is 11.8 Å². The summed E-state index contributed by atoms with van der Waals surface area (Å²) in [4.78, 5) is 23.8. The number of methoxy groups -OCH3 is 1. The Morgan fingerprint density at radius 2 is 2.15 bits per heavy atom. The van der Waals surface area contributed by atoms with E-state index >= 15 is 0 Å². The topological polar surface area (TPSA) is 55.4 Å². The fourth-order valence-electron chi connectivity index (χ4n) is 2.77. The Kier molecular flexibility index (Phi) is 4.81. The predicted octanol–water partition coefficient (Wildman–Crippen LogP) is 3.00. The van der Waals surface area contributed by atoms with Gasteiger partial charge in [0, 0.05) is 22.7 Å². The van der Waals surface area contributed by atoms with Crippen LogP contribution in [0.4, 0.5) is 0 Å². The van der Waals surface area contributed by atoms with Crippen molar-refractivity contribution in [1.82, 2.24) is 5.32 Å². The van der Waals surface area contributed by atoms with E-state index in [1.807, 2.05) is 25.1 Å². The Labute approximate surface area is 127 Å². The smallest absolute Gasteiger partial charge is 0.230 e. The number of rotatable bonds is 4. The second-order valence-electron chi connectivity index (χ2n) is 5.00. The maximum atomic E-state index is 12.1. The van der Waals surface area contributed by atoms with Crippen molar-refractivity contribution in [2.24, 2.45) is 5.92 Å². The molecule has 1 aromatic carbocycles. The zero-order chi connectivity index (χ0) is 14.7. The normalized spacial score (nSPS) is 22.6. The number of piperidine rings is 1. The second kappa shape index (κ2) is 6.39. The third-order valence-corrected chi connectivity index (χ3v) is 4.17. The predicted molar refractivity (Wildman–Crippen MR) is 79.6 cm³/mol. The minimum Gasteiger partial charge on any atom is -0.496 e. The van der Waals surface area contributed by atoms with Crippen molar-refractivity contribution in [3.8, 4) is 5.75 Å². The van der Waals surface area contributed by atoms with Crippen molar-refractivity contribution in [1.29, 1.82) is 0 Å². The van der Waals surface area contributed by atoms with Crippen molar-refractivity contribution in [2.45, 2.75) is 32.1 Å². The fraction of sp³-hybridized carbons (Fsp3) is 0.467. The van der Waals surface area contributed by atoms with E-state index in [0.717, 1.165) is 28.6 Å². The molecule has 108 valence electrons. The van der Waals surface area contributed by atoms with E-state index in [0.29, 0.717) is 6.42 Å². The van der Waals surface area contributed by atoms with E-state index in [1.165, 1.54) is 0 Å². The molecular weight excluding hydrogens is 322 g/mol. The molecule has 0 saturated carbocycles. The zero-order valence-electron chi connectivity index (χ0n) is 11.6. The Morgan fingerprint density at radius 3 is 2.80 bits per heavy atom. The number of benzene rings is 1. The first kappa shape index (κ1) is 15.0. The molecule has 1 N–H and O–H groups in total. The summed E-state index contributed by atoms with van der Waals surface area (Å²) in [5, 5.41) is 2.44. The van der Waals surface area contributed by atoms with Gasteiger partial charge in [-0.25, -0.2) is 0 Å². The lowest BCUT2D eigenvalue weighted by Gasteiger charge is -2.31. The van der Waals surface area contributed by atoms with E-state index in [-0.39, 0.29) is 23.7 Å². The molecule has 1 aliphatic heterocycles. The second-order valence-corrected chi connectivity index (χ2v) is 5.92. The van der Waals surface area contributed by atoms with Crippen molar-refractivity contribution in [3.05, 3.63) is 28.2 Å². The van der Waals surface area contributed by atoms with Gasteiger partial charge in [-0.3, -0.25) is 14.9 Å². The highest BCUT2D eigenvalue weighted by Gasteiger charge is 2.37. The van der Waals surface area contributed by atoms with E-state index < -0.39 is 0 Å². The van der Waals surface area contributed by atoms with Gasteiger partial charge in [-0.15, -0.1) is 0 Å². The first-order valence-electron chi connectivity index (χ1n) is 6.74. The fourth-order valence-corrected chi connectivity index (χ4v) is 3.15. The van der Waals surface area contributed by atoms with Gasteiger partial charge in [-0.1, -0.05) is 29.3 Å². The number of nitrogens with one attached hydrogen (secondary N) is 1. The van der Waals surface area contributed by atoms with Gasteiger partial charge in [-0.05, 0) is 30.2 Å². The highest BCUT2D eigenvalue weighted by atomic mass is 79.9. The molecule has 0 bridgehead atoms. The number of hydrogen-bond acceptors (Lipinski definition) is 3. The van der Waals surface area contributed by atoms with Crippen molar-refractivity contribution in [3.63, 3.8) is 0 Å². The Balaban J connectivity index is 2.43. The molecule has 4 nitrogen and oxygen atoms in total. The van der Waals surface area contributed by atoms with Gasteiger partial charge in [0.25, 0.3) is 0 Å². The van der Waals surface area contributed by atoms with E-state index in [9.17, 15) is 9.59 Å². The van der Waals surface area contributed by atoms with Crippen LogP contribution in [0.3, 0.4) is 0 Å². The third-order valence-electron chi connectivity index (χ3n) is 3.68. The maximum Gasteiger partial charge on any atom is 0.230 e. The van der Waals surface area contributed by atoms with E-state index in [1.54, 1.807) is 7.11 Å². The molecular formula is C15H18BrNO3. The summed E-state index contributed by atoms with van der Waals surface area (Å²) in [5.41, 5.74) is 0.920. The molecule has 2 rings (SSSR count). The SMILES string of the molecule is CCCC1C(=O)NC(=O)CC1c1cc(Br)ccc1OC. The van der Waals surface area contributed by atoms with E-state index in [2.05, 4.69) is 21.2 Å². The maximum absolute atomic E-state index is 12.1. The molecule has 0 aromatic heterocycles. The molecule has 1 aliphatic rings. The Morgan fingerprint density at radius 1 is 1.40 bits per heavy atom. The zero-order valence-corrected chi connectivity index (χ0v) is 13.2. The average molecular weight is 340 g/mol. The lowest BCUT2D eigenvalue weighted by molar-refractivity contribution is -0.137. The summed E-state index contributed by atoms with van der Waals surface area (Å²) in [6, 6.07) is 5.69. The molecule has 0 spiro atoms. The van der Waals surface area contributed by atoms with Gasteiger partial charge in [0.1, 0.15) is 5.75 Å². The molecule has 0 radical (unpaired) electrons. The number of ether oxygens (including phenoxy) is 1. The molecule has 2 amide bonds. The highest BCUT2D eigenvalue weighted by Crippen LogP contribution is 2.39. The number of hydrogen-bond donors (Lipinski definition) is 1. The monoisotopic (exact) mass is 339 g/mol. The summed E-state index contributed by atoms with van der Waals surface area (Å²) in [7, 11) is 1.60. The first-order chi connectivity index (χ1) is 9.56. The molecule has 1 saturated heterocycles. The molecule has 20 heavy (non-hydrogen) atoms. The molecule has 2 unspecified atom stereocenters. The van der Waals surface area contributed by atoms with Crippen LogP contribution >= 0.6 is 15.9 Å². The first-order valence-corrected chi connectivity index (χ1v) is 7.53. The molecule has 1 fully saturated rings. The van der Waals surface area contributed by atoms with Crippen LogP contribution < -0.4 is 10.1 Å². The van der Waals surface area contributed by atoms with Crippen molar-refractivity contribution in [2.75, 3.05) is 7.11 Å². The van der Waals surface area contributed by atoms with Crippen LogP contribution in [0.2, 0.25) is 0 Å². The van der Waals surface area contributed by atoms with Crippen LogP contribution in [0, 0.1) is 5.92 Å². The summed E-state index contributed by atoms with van der Waals surface area (Å²) in [6.07, 6.45) is 1.99. The number of carbonyl (C=O) groups is 2. The van der Waals surface area contributed by atoms with Gasteiger partial charge in [0.15, 0.2) is 0 Å². The van der Waals surface area contributed by atoms with Gasteiger partial charge >= 0.3 is 0 Å². The van der Waals surface area contributed by atoms with Gasteiger partial charge in [0.05, 0.1) is 7.11 Å². The summed E-state index contributed by atoms with van der Waals surface area (Å²) in [6.45, 7) is 2.04. The lowest BCUT2D eigenvalue weighted by atomic mass is 9.78. The number of halogens is 1. The molecule has 0 aliphatic carbocycles. The van der Waals surface area contributed by atoms with Crippen LogP contribution in [-0.4, -0.2) is 18.9 Å². The highest BCUT2D eigenvalue weighted by molar-refractivity contribution is 9.10. The Hall–Kier alpha value is -1.36.